The molecule has 1 saturated heterocycles. The molecule has 1 aliphatic rings. The Morgan fingerprint density at radius 3 is 2.04 bits per heavy atom. The van der Waals surface area contributed by atoms with Gasteiger partial charge in [-0.25, -0.2) is 9.59 Å². The van der Waals surface area contributed by atoms with Crippen LogP contribution in [0.5, 0.6) is 0 Å². The summed E-state index contributed by atoms with van der Waals surface area (Å²) in [5, 5.41) is 17.1. The molecule has 1 rings (SSSR count). The molecule has 0 aromatic rings. The number of carboxylic acid groups (broad SMARTS) is 2. The molecule has 9 nitrogen and oxygen atoms in total. The topological polar surface area (TPSA) is 115 Å². The highest BCUT2D eigenvalue weighted by Crippen LogP contribution is 2.13. The van der Waals surface area contributed by atoms with E-state index in [4.69, 9.17) is 29.2 Å². The minimum absolute atomic E-state index is 0.160. The first-order chi connectivity index (χ1) is 11.6. The predicted octanol–water partition coefficient (Wildman–Crippen LogP) is 0.0340. The Labute approximate surface area is 141 Å². The summed E-state index contributed by atoms with van der Waals surface area (Å²) in [5.41, 5.74) is 0. The third kappa shape index (κ3) is 11.3. The minimum Gasteiger partial charge on any atom is -0.480 e. The van der Waals surface area contributed by atoms with Crippen molar-refractivity contribution in [2.24, 2.45) is 0 Å². The molecule has 0 aromatic carbocycles. The van der Waals surface area contributed by atoms with Gasteiger partial charge in [0.15, 0.2) is 6.29 Å². The molecule has 0 radical (unpaired) electrons. The fourth-order valence-corrected chi connectivity index (χ4v) is 2.20. The Morgan fingerprint density at radius 2 is 1.54 bits per heavy atom. The SMILES string of the molecule is O=C(O)COCCN(CCOCC(=O)O)CCOC1CCCCO1. The molecule has 2 N–H and O–H groups in total. The Bertz CT molecular complexity index is 337. The van der Waals surface area contributed by atoms with Gasteiger partial charge in [-0.2, -0.15) is 0 Å². The van der Waals surface area contributed by atoms with Crippen LogP contribution in [-0.2, 0) is 28.5 Å². The van der Waals surface area contributed by atoms with E-state index in [1.165, 1.54) is 0 Å². The first-order valence-electron chi connectivity index (χ1n) is 8.12. The zero-order valence-electron chi connectivity index (χ0n) is 13.9. The highest BCUT2D eigenvalue weighted by Gasteiger charge is 2.14. The van der Waals surface area contributed by atoms with Gasteiger partial charge in [0, 0.05) is 26.2 Å². The molecule has 1 aliphatic heterocycles. The van der Waals surface area contributed by atoms with Crippen LogP contribution in [0.15, 0.2) is 0 Å². The van der Waals surface area contributed by atoms with Gasteiger partial charge in [0.05, 0.1) is 19.8 Å². The molecule has 1 unspecified atom stereocenters. The van der Waals surface area contributed by atoms with Gasteiger partial charge in [0.2, 0.25) is 0 Å². The zero-order chi connectivity index (χ0) is 17.6. The summed E-state index contributed by atoms with van der Waals surface area (Å²) in [6.07, 6.45) is 2.89. The number of nitrogens with zero attached hydrogens (tertiary/aromatic N) is 1. The lowest BCUT2D eigenvalue weighted by Gasteiger charge is -2.26. The number of hydrogen-bond donors (Lipinski definition) is 2. The van der Waals surface area contributed by atoms with Crippen molar-refractivity contribution in [3.8, 4) is 0 Å². The fourth-order valence-electron chi connectivity index (χ4n) is 2.20. The van der Waals surface area contributed by atoms with Crippen molar-refractivity contribution in [2.75, 3.05) is 59.3 Å². The second-order valence-corrected chi connectivity index (χ2v) is 5.40. The molecule has 9 heteroatoms. The van der Waals surface area contributed by atoms with Gasteiger partial charge in [0.1, 0.15) is 13.2 Å². The van der Waals surface area contributed by atoms with E-state index >= 15 is 0 Å². The summed E-state index contributed by atoms with van der Waals surface area (Å²) in [5.74, 6) is -2.02. The quantitative estimate of drug-likeness (QED) is 0.419. The molecule has 0 spiro atoms. The van der Waals surface area contributed by atoms with E-state index in [1.807, 2.05) is 4.90 Å². The Kier molecular flexibility index (Phi) is 11.3. The lowest BCUT2D eigenvalue weighted by atomic mass is 10.2. The van der Waals surface area contributed by atoms with Crippen LogP contribution in [0.25, 0.3) is 0 Å². The summed E-state index contributed by atoms with van der Waals surface area (Å²) in [7, 11) is 0. The van der Waals surface area contributed by atoms with E-state index in [9.17, 15) is 9.59 Å². The van der Waals surface area contributed by atoms with Gasteiger partial charge in [-0.3, -0.25) is 4.90 Å². The van der Waals surface area contributed by atoms with E-state index < -0.39 is 11.9 Å². The van der Waals surface area contributed by atoms with Crippen LogP contribution in [0.2, 0.25) is 0 Å². The van der Waals surface area contributed by atoms with Gasteiger partial charge >= 0.3 is 11.9 Å². The van der Waals surface area contributed by atoms with Gasteiger partial charge < -0.3 is 29.2 Å². The molecule has 140 valence electrons. The van der Waals surface area contributed by atoms with Gasteiger partial charge in [-0.1, -0.05) is 0 Å². The minimum atomic E-state index is -1.01. The van der Waals surface area contributed by atoms with Crippen LogP contribution in [-0.4, -0.2) is 92.6 Å². The van der Waals surface area contributed by atoms with Gasteiger partial charge in [0.25, 0.3) is 0 Å². The molecule has 1 heterocycles. The van der Waals surface area contributed by atoms with Crippen molar-refractivity contribution in [2.45, 2.75) is 25.6 Å². The lowest BCUT2D eigenvalue weighted by Crippen LogP contribution is -2.36. The molecule has 0 aromatic heterocycles. The van der Waals surface area contributed by atoms with Crippen LogP contribution in [0.3, 0.4) is 0 Å². The summed E-state index contributed by atoms with van der Waals surface area (Å²) in [6, 6.07) is 0. The van der Waals surface area contributed by atoms with Crippen molar-refractivity contribution in [1.29, 1.82) is 0 Å². The van der Waals surface area contributed by atoms with E-state index in [0.29, 0.717) is 26.2 Å². The first kappa shape index (κ1) is 20.8. The number of rotatable bonds is 14. The molecule has 0 amide bonds. The van der Waals surface area contributed by atoms with Crippen LogP contribution >= 0.6 is 0 Å². The van der Waals surface area contributed by atoms with Crippen molar-refractivity contribution < 1.29 is 38.7 Å². The van der Waals surface area contributed by atoms with Crippen LogP contribution < -0.4 is 0 Å². The van der Waals surface area contributed by atoms with E-state index in [-0.39, 0.29) is 32.7 Å². The van der Waals surface area contributed by atoms with Gasteiger partial charge in [-0.05, 0) is 19.3 Å². The number of ether oxygens (including phenoxy) is 4. The molecule has 0 saturated carbocycles. The fraction of sp³-hybridized carbons (Fsp3) is 0.867. The summed E-state index contributed by atoms with van der Waals surface area (Å²) in [6.45, 7) is 2.69. The van der Waals surface area contributed by atoms with Crippen molar-refractivity contribution >= 4 is 11.9 Å². The molecule has 0 bridgehead atoms. The number of carboxylic acids is 2. The van der Waals surface area contributed by atoms with Gasteiger partial charge in [-0.15, -0.1) is 0 Å². The molecule has 24 heavy (non-hydrogen) atoms. The van der Waals surface area contributed by atoms with E-state index in [0.717, 1.165) is 25.9 Å². The third-order valence-corrected chi connectivity index (χ3v) is 3.40. The third-order valence-electron chi connectivity index (χ3n) is 3.40. The standard InChI is InChI=1S/C15H27NO8/c17-13(18)11-21-8-4-16(5-9-22-12-14(19)20)6-10-24-15-3-1-2-7-23-15/h15H,1-12H2,(H,17,18)(H,19,20). The summed E-state index contributed by atoms with van der Waals surface area (Å²) in [4.78, 5) is 22.8. The average Bonchev–Trinajstić information content (AvgIpc) is 2.55. The predicted molar refractivity (Wildman–Crippen MR) is 82.9 cm³/mol. The Morgan fingerprint density at radius 1 is 0.958 bits per heavy atom. The van der Waals surface area contributed by atoms with Crippen LogP contribution in [0, 0.1) is 0 Å². The largest absolute Gasteiger partial charge is 0.480 e. The molecule has 0 aliphatic carbocycles. The van der Waals surface area contributed by atoms with Crippen molar-refractivity contribution in [3.63, 3.8) is 0 Å². The monoisotopic (exact) mass is 349 g/mol. The summed E-state index contributed by atoms with van der Waals surface area (Å²) >= 11 is 0. The molecular weight excluding hydrogens is 322 g/mol. The van der Waals surface area contributed by atoms with Crippen molar-refractivity contribution in [3.05, 3.63) is 0 Å². The second-order valence-electron chi connectivity index (χ2n) is 5.40. The molecule has 1 fully saturated rings. The number of carbonyl (C=O) groups is 2. The maximum absolute atomic E-state index is 10.4. The number of aliphatic carboxylic acids is 2. The van der Waals surface area contributed by atoms with Crippen LogP contribution in [0.4, 0.5) is 0 Å². The molecular formula is C15H27NO8. The summed E-state index contributed by atoms with van der Waals surface area (Å²) < 4.78 is 21.2. The Hall–Kier alpha value is -1.26. The van der Waals surface area contributed by atoms with E-state index in [1.54, 1.807) is 0 Å². The average molecular weight is 349 g/mol. The highest BCUT2D eigenvalue weighted by molar-refractivity contribution is 5.68. The normalized spacial score (nSPS) is 18.0. The zero-order valence-corrected chi connectivity index (χ0v) is 13.9. The lowest BCUT2D eigenvalue weighted by molar-refractivity contribution is -0.164. The van der Waals surface area contributed by atoms with Crippen LogP contribution in [0.1, 0.15) is 19.3 Å². The maximum atomic E-state index is 10.4. The first-order valence-corrected chi connectivity index (χ1v) is 8.12. The highest BCUT2D eigenvalue weighted by atomic mass is 16.7. The van der Waals surface area contributed by atoms with Crippen molar-refractivity contribution in [1.82, 2.24) is 4.90 Å². The maximum Gasteiger partial charge on any atom is 0.329 e. The Balaban J connectivity index is 2.21. The smallest absolute Gasteiger partial charge is 0.329 e. The number of hydrogen-bond acceptors (Lipinski definition) is 7. The molecule has 1 atom stereocenters. The van der Waals surface area contributed by atoms with E-state index in [2.05, 4.69) is 0 Å². The second kappa shape index (κ2) is 13.1.